The SMILES string of the molecule is C=CCS/C(=C(\C/C=C\[C@@H](C)O)OC1=CC[C@H](OCCN2CCOCC2)C=C1)c1ccc(O)cc1. The number of hydrogen-bond donors (Lipinski definition) is 2. The Morgan fingerprint density at radius 3 is 2.71 bits per heavy atom. The predicted octanol–water partition coefficient (Wildman–Crippen LogP) is 4.88. The minimum Gasteiger partial charge on any atom is -0.508 e. The lowest BCUT2D eigenvalue weighted by Gasteiger charge is -2.27. The molecule has 35 heavy (non-hydrogen) atoms. The Bertz CT molecular complexity index is 914. The van der Waals surface area contributed by atoms with Crippen LogP contribution in [-0.2, 0) is 14.2 Å². The van der Waals surface area contributed by atoms with Gasteiger partial charge in [0.25, 0.3) is 0 Å². The van der Waals surface area contributed by atoms with Crippen molar-refractivity contribution in [2.75, 3.05) is 45.2 Å². The van der Waals surface area contributed by atoms with Gasteiger partial charge in [-0.1, -0.05) is 36.4 Å². The van der Waals surface area contributed by atoms with Crippen LogP contribution in [0.25, 0.3) is 4.91 Å². The Morgan fingerprint density at radius 1 is 1.29 bits per heavy atom. The first-order chi connectivity index (χ1) is 17.0. The first-order valence-corrected chi connectivity index (χ1v) is 13.1. The van der Waals surface area contributed by atoms with Crippen LogP contribution in [0, 0.1) is 0 Å². The van der Waals surface area contributed by atoms with Gasteiger partial charge < -0.3 is 24.4 Å². The smallest absolute Gasteiger partial charge is 0.122 e. The lowest BCUT2D eigenvalue weighted by atomic mass is 10.1. The van der Waals surface area contributed by atoms with E-state index in [4.69, 9.17) is 14.2 Å². The average molecular weight is 500 g/mol. The molecule has 1 saturated heterocycles. The molecule has 0 bridgehead atoms. The molecule has 0 aromatic heterocycles. The summed E-state index contributed by atoms with van der Waals surface area (Å²) in [6.45, 7) is 10.7. The maximum atomic E-state index is 9.73. The Labute approximate surface area is 213 Å². The van der Waals surface area contributed by atoms with Crippen molar-refractivity contribution in [2.24, 2.45) is 0 Å². The van der Waals surface area contributed by atoms with Gasteiger partial charge in [0.05, 0.1) is 36.9 Å². The molecule has 1 aliphatic heterocycles. The molecule has 1 aromatic rings. The van der Waals surface area contributed by atoms with Gasteiger partial charge in [-0.15, -0.1) is 18.3 Å². The van der Waals surface area contributed by atoms with Gasteiger partial charge in [-0.25, -0.2) is 0 Å². The third kappa shape index (κ3) is 9.70. The second kappa shape index (κ2) is 15.0. The van der Waals surface area contributed by atoms with Gasteiger partial charge in [-0.2, -0.15) is 0 Å². The molecule has 1 heterocycles. The van der Waals surface area contributed by atoms with Crippen molar-refractivity contribution >= 4 is 16.7 Å². The first kappa shape index (κ1) is 27.3. The summed E-state index contributed by atoms with van der Waals surface area (Å²) < 4.78 is 17.8. The van der Waals surface area contributed by atoms with Crippen LogP contribution in [0.4, 0.5) is 0 Å². The molecule has 6 nitrogen and oxygen atoms in total. The summed E-state index contributed by atoms with van der Waals surface area (Å²) in [6.07, 6.45) is 12.4. The number of phenolic OH excluding ortho intramolecular Hbond substituents is 1. The summed E-state index contributed by atoms with van der Waals surface area (Å²) in [7, 11) is 0. The van der Waals surface area contributed by atoms with E-state index >= 15 is 0 Å². The lowest BCUT2D eigenvalue weighted by Crippen LogP contribution is -2.38. The molecule has 0 amide bonds. The Balaban J connectivity index is 1.68. The molecule has 2 atom stereocenters. The van der Waals surface area contributed by atoms with Crippen LogP contribution in [0.15, 0.2) is 78.8 Å². The molecule has 0 unspecified atom stereocenters. The quantitative estimate of drug-likeness (QED) is 0.296. The van der Waals surface area contributed by atoms with Crippen molar-refractivity contribution < 1.29 is 24.4 Å². The van der Waals surface area contributed by atoms with Crippen LogP contribution >= 0.6 is 11.8 Å². The van der Waals surface area contributed by atoms with Crippen LogP contribution in [0.2, 0.25) is 0 Å². The molecular formula is C28H37NO5S. The number of rotatable bonds is 13. The van der Waals surface area contributed by atoms with Crippen LogP contribution in [0.5, 0.6) is 5.75 Å². The van der Waals surface area contributed by atoms with Gasteiger partial charge in [-0.3, -0.25) is 4.90 Å². The van der Waals surface area contributed by atoms with Gasteiger partial charge in [0, 0.05) is 31.8 Å². The summed E-state index contributed by atoms with van der Waals surface area (Å²) in [5.74, 6) is 2.49. The second-order valence-corrected chi connectivity index (χ2v) is 9.47. The number of ether oxygens (including phenoxy) is 3. The highest BCUT2D eigenvalue weighted by atomic mass is 32.2. The van der Waals surface area contributed by atoms with Crippen molar-refractivity contribution in [3.63, 3.8) is 0 Å². The summed E-state index contributed by atoms with van der Waals surface area (Å²) in [5.41, 5.74) is 0.958. The maximum absolute atomic E-state index is 9.73. The van der Waals surface area contributed by atoms with Crippen LogP contribution in [0.3, 0.4) is 0 Å². The minimum absolute atomic E-state index is 0.0395. The summed E-state index contributed by atoms with van der Waals surface area (Å²) >= 11 is 1.63. The van der Waals surface area contributed by atoms with Crippen molar-refractivity contribution in [2.45, 2.75) is 32.0 Å². The number of morpholine rings is 1. The van der Waals surface area contributed by atoms with Crippen molar-refractivity contribution in [1.29, 1.82) is 0 Å². The highest BCUT2D eigenvalue weighted by Gasteiger charge is 2.16. The fraction of sp³-hybridized carbons (Fsp3) is 0.429. The van der Waals surface area contributed by atoms with E-state index in [9.17, 15) is 10.2 Å². The summed E-state index contributed by atoms with van der Waals surface area (Å²) in [4.78, 5) is 3.34. The molecule has 0 spiro atoms. The molecule has 7 heteroatoms. The number of benzene rings is 1. The monoisotopic (exact) mass is 499 g/mol. The lowest BCUT2D eigenvalue weighted by molar-refractivity contribution is 0.0114. The highest BCUT2D eigenvalue weighted by molar-refractivity contribution is 8.08. The van der Waals surface area contributed by atoms with Crippen molar-refractivity contribution in [3.8, 4) is 5.75 Å². The fourth-order valence-corrected chi connectivity index (χ4v) is 4.59. The van der Waals surface area contributed by atoms with E-state index < -0.39 is 6.10 Å². The summed E-state index contributed by atoms with van der Waals surface area (Å²) in [6, 6.07) is 7.11. The Hall–Kier alpha value is -2.29. The number of thioether (sulfide) groups is 1. The van der Waals surface area contributed by atoms with Gasteiger partial charge in [0.2, 0.25) is 0 Å². The Morgan fingerprint density at radius 2 is 2.06 bits per heavy atom. The minimum atomic E-state index is -0.529. The van der Waals surface area contributed by atoms with E-state index in [0.29, 0.717) is 13.0 Å². The molecule has 190 valence electrons. The molecule has 0 radical (unpaired) electrons. The molecule has 3 rings (SSSR count). The van der Waals surface area contributed by atoms with E-state index in [0.717, 1.165) is 67.0 Å². The van der Waals surface area contributed by atoms with Gasteiger partial charge in [0.15, 0.2) is 0 Å². The van der Waals surface area contributed by atoms with Crippen LogP contribution in [0.1, 0.15) is 25.3 Å². The van der Waals surface area contributed by atoms with Gasteiger partial charge in [-0.05, 0) is 43.2 Å². The molecule has 1 fully saturated rings. The van der Waals surface area contributed by atoms with Crippen LogP contribution < -0.4 is 0 Å². The average Bonchev–Trinajstić information content (AvgIpc) is 2.86. The van der Waals surface area contributed by atoms with Crippen LogP contribution in [-0.4, -0.2) is 72.5 Å². The van der Waals surface area contributed by atoms with E-state index in [-0.39, 0.29) is 11.9 Å². The topological polar surface area (TPSA) is 71.4 Å². The molecule has 2 aliphatic rings. The normalized spacial score (nSPS) is 20.4. The number of phenols is 1. The van der Waals surface area contributed by atoms with Gasteiger partial charge >= 0.3 is 0 Å². The molecular weight excluding hydrogens is 462 g/mol. The van der Waals surface area contributed by atoms with E-state index in [1.54, 1.807) is 36.9 Å². The van der Waals surface area contributed by atoms with E-state index in [2.05, 4.69) is 23.6 Å². The first-order valence-electron chi connectivity index (χ1n) is 12.1. The number of aliphatic hydroxyl groups excluding tert-OH is 1. The maximum Gasteiger partial charge on any atom is 0.122 e. The van der Waals surface area contributed by atoms with Crippen molar-refractivity contribution in [3.05, 3.63) is 84.4 Å². The Kier molecular flexibility index (Phi) is 11.7. The zero-order valence-electron chi connectivity index (χ0n) is 20.5. The largest absolute Gasteiger partial charge is 0.508 e. The van der Waals surface area contributed by atoms with Crippen molar-refractivity contribution in [1.82, 2.24) is 4.90 Å². The number of allylic oxidation sites excluding steroid dienone is 2. The highest BCUT2D eigenvalue weighted by Crippen LogP contribution is 2.35. The third-order valence-corrected chi connectivity index (χ3v) is 6.71. The third-order valence-electron chi connectivity index (χ3n) is 5.56. The standard InChI is InChI=1S/C28H37NO5S/c1-3-21-35-28(23-7-9-24(31)10-8-23)27(6-4-5-22(2)30)34-26-13-11-25(12-14-26)33-20-17-29-15-18-32-19-16-29/h3-5,7-11,13-14,22,25,30-31H,1,6,12,15-21H2,2H3/b5-4-,28-27+/t22-,25-/m1/s1. The second-order valence-electron chi connectivity index (χ2n) is 8.44. The number of aliphatic hydroxyl groups is 1. The zero-order valence-corrected chi connectivity index (χ0v) is 21.3. The molecule has 2 N–H and O–H groups in total. The summed E-state index contributed by atoms with van der Waals surface area (Å²) in [5, 5.41) is 19.4. The predicted molar refractivity (Wildman–Crippen MR) is 143 cm³/mol. The number of hydrogen-bond acceptors (Lipinski definition) is 7. The van der Waals surface area contributed by atoms with E-state index in [1.807, 2.05) is 30.4 Å². The molecule has 0 saturated carbocycles. The van der Waals surface area contributed by atoms with E-state index in [1.165, 1.54) is 0 Å². The number of aromatic hydroxyl groups is 1. The number of nitrogens with zero attached hydrogens (tertiary/aromatic N) is 1. The molecule has 1 aromatic carbocycles. The molecule has 1 aliphatic carbocycles. The zero-order chi connectivity index (χ0) is 24.9. The van der Waals surface area contributed by atoms with Gasteiger partial charge in [0.1, 0.15) is 17.3 Å². The fourth-order valence-electron chi connectivity index (χ4n) is 3.71.